The summed E-state index contributed by atoms with van der Waals surface area (Å²) in [4.78, 5) is 6.10. The van der Waals surface area contributed by atoms with Gasteiger partial charge in [0.25, 0.3) is 0 Å². The smallest absolute Gasteiger partial charge is 0.311 e. The molecular formula is C14H21ClF3N3S. The molecule has 3 rings (SSSR count). The minimum atomic E-state index is -4.35. The van der Waals surface area contributed by atoms with Crippen LogP contribution < -0.4 is 5.32 Å². The number of piperidine rings is 1. The van der Waals surface area contributed by atoms with Crippen LogP contribution in [0.3, 0.4) is 0 Å². The quantitative estimate of drug-likeness (QED) is 0.897. The molecular weight excluding hydrogens is 335 g/mol. The molecule has 2 bridgehead atoms. The SMILES string of the molecule is Cc1nc(C(F)(F)F)c(CN(C)C2CC3CCC(C2)N3)s1.Cl. The molecule has 2 unspecified atom stereocenters. The third-order valence-electron chi connectivity index (χ3n) is 4.54. The standard InChI is InChI=1S/C14H20F3N3S.ClH/c1-8-18-13(14(15,16)17)12(21-8)7-20(2)11-5-9-3-4-10(6-11)19-9;/h9-11,19H,3-7H2,1-2H3;1H. The Hall–Kier alpha value is -0.370. The van der Waals surface area contributed by atoms with Crippen molar-refractivity contribution in [2.45, 2.75) is 63.5 Å². The molecule has 0 aromatic carbocycles. The van der Waals surface area contributed by atoms with Crippen LogP contribution in [-0.2, 0) is 12.7 Å². The van der Waals surface area contributed by atoms with Gasteiger partial charge in [0.2, 0.25) is 0 Å². The Morgan fingerprint density at radius 1 is 1.27 bits per heavy atom. The fourth-order valence-corrected chi connectivity index (χ4v) is 4.56. The van der Waals surface area contributed by atoms with E-state index in [0.29, 0.717) is 34.6 Å². The van der Waals surface area contributed by atoms with Crippen LogP contribution in [0.4, 0.5) is 13.2 Å². The molecule has 1 aromatic heterocycles. The second-order valence-electron chi connectivity index (χ2n) is 6.18. The number of halogens is 4. The van der Waals surface area contributed by atoms with Crippen molar-refractivity contribution in [1.82, 2.24) is 15.2 Å². The Balaban J connectivity index is 0.00000176. The van der Waals surface area contributed by atoms with Crippen molar-refractivity contribution < 1.29 is 13.2 Å². The number of alkyl halides is 3. The second kappa shape index (κ2) is 6.63. The lowest BCUT2D eigenvalue weighted by Gasteiger charge is -2.35. The third-order valence-corrected chi connectivity index (χ3v) is 5.49. The molecule has 0 spiro atoms. The van der Waals surface area contributed by atoms with E-state index in [4.69, 9.17) is 0 Å². The van der Waals surface area contributed by atoms with Crippen molar-refractivity contribution in [3.63, 3.8) is 0 Å². The highest BCUT2D eigenvalue weighted by Gasteiger charge is 2.39. The van der Waals surface area contributed by atoms with Crippen molar-refractivity contribution in [3.05, 3.63) is 15.6 Å². The molecule has 2 atom stereocenters. The number of hydrogen-bond acceptors (Lipinski definition) is 4. The maximum absolute atomic E-state index is 13.0. The predicted molar refractivity (Wildman–Crippen MR) is 83.5 cm³/mol. The number of nitrogens with zero attached hydrogens (tertiary/aromatic N) is 2. The highest BCUT2D eigenvalue weighted by molar-refractivity contribution is 7.11. The van der Waals surface area contributed by atoms with Crippen molar-refractivity contribution in [2.75, 3.05) is 7.05 Å². The van der Waals surface area contributed by atoms with E-state index >= 15 is 0 Å². The van der Waals surface area contributed by atoms with Gasteiger partial charge in [0.1, 0.15) is 0 Å². The largest absolute Gasteiger partial charge is 0.434 e. The van der Waals surface area contributed by atoms with Crippen LogP contribution >= 0.6 is 23.7 Å². The van der Waals surface area contributed by atoms with E-state index in [1.807, 2.05) is 7.05 Å². The first-order chi connectivity index (χ1) is 9.83. The summed E-state index contributed by atoms with van der Waals surface area (Å²) in [6, 6.07) is 1.45. The molecule has 2 aliphatic heterocycles. The summed E-state index contributed by atoms with van der Waals surface area (Å²) in [5.41, 5.74) is -0.700. The maximum Gasteiger partial charge on any atom is 0.434 e. The van der Waals surface area contributed by atoms with Gasteiger partial charge in [-0.1, -0.05) is 0 Å². The first-order valence-corrected chi connectivity index (χ1v) is 8.14. The maximum atomic E-state index is 13.0. The van der Waals surface area contributed by atoms with Crippen LogP contribution in [0.1, 0.15) is 41.3 Å². The summed E-state index contributed by atoms with van der Waals surface area (Å²) < 4.78 is 39.0. The van der Waals surface area contributed by atoms with Gasteiger partial charge in [-0.2, -0.15) is 13.2 Å². The van der Waals surface area contributed by atoms with Gasteiger partial charge in [-0.05, 0) is 39.7 Å². The Morgan fingerprint density at radius 2 is 1.86 bits per heavy atom. The summed E-state index contributed by atoms with van der Waals surface area (Å²) >= 11 is 1.16. The number of thiazole rings is 1. The normalized spacial score (nSPS) is 28.0. The van der Waals surface area contributed by atoms with Crippen LogP contribution in [0.2, 0.25) is 0 Å². The minimum Gasteiger partial charge on any atom is -0.311 e. The summed E-state index contributed by atoms with van der Waals surface area (Å²) in [7, 11) is 1.94. The van der Waals surface area contributed by atoms with Crippen molar-refractivity contribution in [3.8, 4) is 0 Å². The van der Waals surface area contributed by atoms with Crippen molar-refractivity contribution >= 4 is 23.7 Å². The van der Waals surface area contributed by atoms with Crippen LogP contribution in [0.15, 0.2) is 0 Å². The zero-order chi connectivity index (χ0) is 15.2. The molecule has 0 aliphatic carbocycles. The molecule has 3 nitrogen and oxygen atoms in total. The van der Waals surface area contributed by atoms with Crippen LogP contribution in [0, 0.1) is 6.92 Å². The summed E-state index contributed by atoms with van der Waals surface area (Å²) in [6.45, 7) is 1.97. The molecule has 126 valence electrons. The van der Waals surface area contributed by atoms with E-state index < -0.39 is 11.9 Å². The Bertz CT molecular complexity index is 508. The molecule has 1 aromatic rings. The molecule has 2 aliphatic rings. The Kier molecular flexibility index (Phi) is 5.42. The van der Waals surface area contributed by atoms with Crippen LogP contribution in [0.5, 0.6) is 0 Å². The van der Waals surface area contributed by atoms with E-state index in [9.17, 15) is 13.2 Å². The number of rotatable bonds is 3. The predicted octanol–water partition coefficient (Wildman–Crippen LogP) is 3.61. The van der Waals surface area contributed by atoms with Crippen LogP contribution in [0.25, 0.3) is 0 Å². The lowest BCUT2D eigenvalue weighted by Crippen LogP contribution is -2.46. The van der Waals surface area contributed by atoms with Gasteiger partial charge in [-0.15, -0.1) is 23.7 Å². The highest BCUT2D eigenvalue weighted by atomic mass is 35.5. The Labute approximate surface area is 138 Å². The summed E-state index contributed by atoms with van der Waals surface area (Å²) in [6.07, 6.45) is 0.108. The number of hydrogen-bond donors (Lipinski definition) is 1. The lowest BCUT2D eigenvalue weighted by molar-refractivity contribution is -0.141. The Morgan fingerprint density at radius 3 is 2.41 bits per heavy atom. The lowest BCUT2D eigenvalue weighted by atomic mass is 9.98. The fourth-order valence-electron chi connectivity index (χ4n) is 3.54. The highest BCUT2D eigenvalue weighted by Crippen LogP contribution is 2.36. The number of aryl methyl sites for hydroxylation is 1. The van der Waals surface area contributed by atoms with Crippen molar-refractivity contribution in [1.29, 1.82) is 0 Å². The third kappa shape index (κ3) is 3.75. The molecule has 8 heteroatoms. The molecule has 22 heavy (non-hydrogen) atoms. The van der Waals surface area contributed by atoms with Gasteiger partial charge >= 0.3 is 6.18 Å². The topological polar surface area (TPSA) is 28.2 Å². The summed E-state index contributed by atoms with van der Waals surface area (Å²) in [5, 5.41) is 4.04. The zero-order valence-electron chi connectivity index (χ0n) is 12.6. The van der Waals surface area contributed by atoms with E-state index in [0.717, 1.165) is 24.2 Å². The van der Waals surface area contributed by atoms with Gasteiger partial charge in [0.05, 0.1) is 9.88 Å². The monoisotopic (exact) mass is 355 g/mol. The number of fused-ring (bicyclic) bond motifs is 2. The average molecular weight is 356 g/mol. The molecule has 2 saturated heterocycles. The molecule has 3 heterocycles. The van der Waals surface area contributed by atoms with Gasteiger partial charge in [0.15, 0.2) is 5.69 Å². The average Bonchev–Trinajstić information content (AvgIpc) is 2.91. The summed E-state index contributed by atoms with van der Waals surface area (Å²) in [5.74, 6) is 0. The molecule has 1 N–H and O–H groups in total. The minimum absolute atomic E-state index is 0. The fraction of sp³-hybridized carbons (Fsp3) is 0.786. The first-order valence-electron chi connectivity index (χ1n) is 7.32. The molecule has 0 amide bonds. The van der Waals surface area contributed by atoms with E-state index in [-0.39, 0.29) is 12.4 Å². The number of aromatic nitrogens is 1. The van der Waals surface area contributed by atoms with Crippen molar-refractivity contribution in [2.24, 2.45) is 0 Å². The van der Waals surface area contributed by atoms with Gasteiger partial charge in [-0.25, -0.2) is 4.98 Å². The van der Waals surface area contributed by atoms with Gasteiger partial charge in [0, 0.05) is 24.7 Å². The van der Waals surface area contributed by atoms with E-state index in [2.05, 4.69) is 15.2 Å². The second-order valence-corrected chi connectivity index (χ2v) is 7.47. The van der Waals surface area contributed by atoms with Gasteiger partial charge in [-0.3, -0.25) is 4.90 Å². The molecule has 0 radical (unpaired) electrons. The molecule has 2 fully saturated rings. The zero-order valence-corrected chi connectivity index (χ0v) is 14.2. The molecule has 0 saturated carbocycles. The first kappa shape index (κ1) is 18.0. The van der Waals surface area contributed by atoms with E-state index in [1.165, 1.54) is 12.8 Å². The van der Waals surface area contributed by atoms with Crippen LogP contribution in [-0.4, -0.2) is 35.1 Å². The van der Waals surface area contributed by atoms with E-state index in [1.54, 1.807) is 6.92 Å². The number of nitrogens with one attached hydrogen (secondary N) is 1. The van der Waals surface area contributed by atoms with Gasteiger partial charge < -0.3 is 5.32 Å².